The fraction of sp³-hybridized carbons (Fsp3) is 0.571. The van der Waals surface area contributed by atoms with E-state index in [1.54, 1.807) is 7.11 Å². The van der Waals surface area contributed by atoms with Crippen molar-refractivity contribution in [1.82, 2.24) is 0 Å². The minimum absolute atomic E-state index is 0.0517. The van der Waals surface area contributed by atoms with Crippen molar-refractivity contribution in [2.45, 2.75) is 40.7 Å². The molecule has 2 N–H and O–H groups in total. The number of hydrogen-bond donors (Lipinski definition) is 1. The molecule has 0 radical (unpaired) electrons. The number of aryl methyl sites for hydroxylation is 2. The monoisotopic (exact) mass is 221 g/mol. The first-order valence-electron chi connectivity index (χ1n) is 5.68. The summed E-state index contributed by atoms with van der Waals surface area (Å²) >= 11 is 0. The molecule has 90 valence electrons. The number of rotatable bonds is 2. The average molecular weight is 221 g/mol. The Labute approximate surface area is 98.8 Å². The summed E-state index contributed by atoms with van der Waals surface area (Å²) in [6.45, 7) is 10.6. The van der Waals surface area contributed by atoms with Crippen molar-refractivity contribution in [3.05, 3.63) is 28.8 Å². The van der Waals surface area contributed by atoms with E-state index in [2.05, 4.69) is 46.8 Å². The number of hydrogen-bond acceptors (Lipinski definition) is 2. The second kappa shape index (κ2) is 4.46. The number of ether oxygens (including phenoxy) is 1. The highest BCUT2D eigenvalue weighted by Gasteiger charge is 2.23. The molecule has 0 heterocycles. The van der Waals surface area contributed by atoms with Gasteiger partial charge in [-0.3, -0.25) is 0 Å². The third-order valence-corrected chi connectivity index (χ3v) is 2.98. The molecule has 0 bridgehead atoms. The molecule has 0 spiro atoms. The largest absolute Gasteiger partial charge is 0.496 e. The standard InChI is InChI=1S/C14H23NO/c1-9-7-11(13(15)14(3,4)5)8-10(2)12(9)16-6/h7-8,13H,15H2,1-6H3. The van der Waals surface area contributed by atoms with Crippen LogP contribution in [0.5, 0.6) is 5.75 Å². The van der Waals surface area contributed by atoms with Crippen molar-refractivity contribution in [2.75, 3.05) is 7.11 Å². The second-order valence-corrected chi connectivity index (χ2v) is 5.53. The highest BCUT2D eigenvalue weighted by Crippen LogP contribution is 2.34. The lowest BCUT2D eigenvalue weighted by molar-refractivity contribution is 0.326. The number of benzene rings is 1. The molecule has 2 nitrogen and oxygen atoms in total. The predicted octanol–water partition coefficient (Wildman–Crippen LogP) is 3.36. The molecule has 0 aliphatic heterocycles. The van der Waals surface area contributed by atoms with Gasteiger partial charge in [0.15, 0.2) is 0 Å². The Morgan fingerprint density at radius 1 is 1.12 bits per heavy atom. The molecular formula is C14H23NO. The molecule has 1 aromatic carbocycles. The van der Waals surface area contributed by atoms with E-state index in [1.165, 1.54) is 5.56 Å². The van der Waals surface area contributed by atoms with Crippen molar-refractivity contribution in [2.24, 2.45) is 11.1 Å². The molecule has 1 aromatic rings. The molecule has 0 amide bonds. The van der Waals surface area contributed by atoms with Gasteiger partial charge in [-0.2, -0.15) is 0 Å². The summed E-state index contributed by atoms with van der Waals surface area (Å²) in [4.78, 5) is 0. The summed E-state index contributed by atoms with van der Waals surface area (Å²) in [5.41, 5.74) is 9.82. The number of nitrogens with two attached hydrogens (primary N) is 1. The van der Waals surface area contributed by atoms with Crippen LogP contribution in [-0.4, -0.2) is 7.11 Å². The Balaban J connectivity index is 3.19. The predicted molar refractivity (Wildman–Crippen MR) is 68.9 cm³/mol. The van der Waals surface area contributed by atoms with E-state index in [1.807, 2.05) is 0 Å². The zero-order valence-corrected chi connectivity index (χ0v) is 11.2. The molecule has 0 saturated heterocycles. The van der Waals surface area contributed by atoms with Crippen LogP contribution in [0.15, 0.2) is 12.1 Å². The normalized spacial score (nSPS) is 13.7. The van der Waals surface area contributed by atoms with Gasteiger partial charge in [0.2, 0.25) is 0 Å². The average Bonchev–Trinajstić information content (AvgIpc) is 2.14. The molecule has 0 fully saturated rings. The fourth-order valence-electron chi connectivity index (χ4n) is 1.99. The van der Waals surface area contributed by atoms with Gasteiger partial charge in [-0.05, 0) is 36.0 Å². The van der Waals surface area contributed by atoms with Gasteiger partial charge in [0.25, 0.3) is 0 Å². The Morgan fingerprint density at radius 2 is 1.56 bits per heavy atom. The molecule has 0 aliphatic rings. The molecule has 1 atom stereocenters. The SMILES string of the molecule is COc1c(C)cc(C(N)C(C)(C)C)cc1C. The summed E-state index contributed by atoms with van der Waals surface area (Å²) in [6, 6.07) is 4.31. The Bertz CT molecular complexity index is 354. The second-order valence-electron chi connectivity index (χ2n) is 5.53. The van der Waals surface area contributed by atoms with E-state index in [4.69, 9.17) is 10.5 Å². The van der Waals surface area contributed by atoms with Crippen LogP contribution in [0.25, 0.3) is 0 Å². The van der Waals surface area contributed by atoms with Gasteiger partial charge in [0.1, 0.15) is 5.75 Å². The lowest BCUT2D eigenvalue weighted by atomic mass is 9.82. The maximum absolute atomic E-state index is 6.26. The lowest BCUT2D eigenvalue weighted by Gasteiger charge is -2.28. The summed E-state index contributed by atoms with van der Waals surface area (Å²) in [5, 5.41) is 0. The minimum atomic E-state index is 0.0517. The highest BCUT2D eigenvalue weighted by molar-refractivity contribution is 5.44. The van der Waals surface area contributed by atoms with Crippen molar-refractivity contribution >= 4 is 0 Å². The van der Waals surface area contributed by atoms with Gasteiger partial charge in [-0.15, -0.1) is 0 Å². The maximum Gasteiger partial charge on any atom is 0.124 e. The number of methoxy groups -OCH3 is 1. The van der Waals surface area contributed by atoms with Gasteiger partial charge in [0.05, 0.1) is 7.11 Å². The first-order valence-corrected chi connectivity index (χ1v) is 5.68. The molecule has 0 saturated carbocycles. The van der Waals surface area contributed by atoms with Crippen LogP contribution in [0.1, 0.15) is 43.5 Å². The van der Waals surface area contributed by atoms with E-state index in [0.29, 0.717) is 0 Å². The third kappa shape index (κ3) is 2.56. The van der Waals surface area contributed by atoms with Gasteiger partial charge in [-0.1, -0.05) is 32.9 Å². The van der Waals surface area contributed by atoms with Gasteiger partial charge >= 0.3 is 0 Å². The van der Waals surface area contributed by atoms with Gasteiger partial charge in [-0.25, -0.2) is 0 Å². The maximum atomic E-state index is 6.26. The summed E-state index contributed by atoms with van der Waals surface area (Å²) in [7, 11) is 1.71. The van der Waals surface area contributed by atoms with Crippen molar-refractivity contribution in [1.29, 1.82) is 0 Å². The van der Waals surface area contributed by atoms with E-state index in [0.717, 1.165) is 16.9 Å². The van der Waals surface area contributed by atoms with Crippen LogP contribution < -0.4 is 10.5 Å². The molecule has 0 aromatic heterocycles. The van der Waals surface area contributed by atoms with E-state index in [-0.39, 0.29) is 11.5 Å². The molecule has 1 unspecified atom stereocenters. The minimum Gasteiger partial charge on any atom is -0.496 e. The molecule has 2 heteroatoms. The van der Waals surface area contributed by atoms with Crippen LogP contribution in [0.2, 0.25) is 0 Å². The zero-order chi connectivity index (χ0) is 12.5. The molecule has 16 heavy (non-hydrogen) atoms. The smallest absolute Gasteiger partial charge is 0.124 e. The van der Waals surface area contributed by atoms with Gasteiger partial charge < -0.3 is 10.5 Å². The molecular weight excluding hydrogens is 198 g/mol. The first kappa shape index (κ1) is 13.0. The highest BCUT2D eigenvalue weighted by atomic mass is 16.5. The quantitative estimate of drug-likeness (QED) is 0.831. The van der Waals surface area contributed by atoms with Crippen LogP contribution in [0, 0.1) is 19.3 Å². The van der Waals surface area contributed by atoms with Crippen LogP contribution in [0.4, 0.5) is 0 Å². The molecule has 0 aliphatic carbocycles. The van der Waals surface area contributed by atoms with Crippen molar-refractivity contribution < 1.29 is 4.74 Å². The summed E-state index contributed by atoms with van der Waals surface area (Å²) in [5.74, 6) is 0.963. The summed E-state index contributed by atoms with van der Waals surface area (Å²) in [6.07, 6.45) is 0. The zero-order valence-electron chi connectivity index (χ0n) is 11.2. The van der Waals surface area contributed by atoms with E-state index in [9.17, 15) is 0 Å². The Hall–Kier alpha value is -1.02. The van der Waals surface area contributed by atoms with E-state index >= 15 is 0 Å². The van der Waals surface area contributed by atoms with Crippen LogP contribution in [-0.2, 0) is 0 Å². The fourth-order valence-corrected chi connectivity index (χ4v) is 1.99. The van der Waals surface area contributed by atoms with Gasteiger partial charge in [0, 0.05) is 6.04 Å². The van der Waals surface area contributed by atoms with Crippen LogP contribution in [0.3, 0.4) is 0 Å². The third-order valence-electron chi connectivity index (χ3n) is 2.98. The first-order chi connectivity index (χ1) is 7.27. The van der Waals surface area contributed by atoms with Crippen LogP contribution >= 0.6 is 0 Å². The summed E-state index contributed by atoms with van der Waals surface area (Å²) < 4.78 is 5.36. The van der Waals surface area contributed by atoms with Crippen molar-refractivity contribution in [3.63, 3.8) is 0 Å². The topological polar surface area (TPSA) is 35.2 Å². The Morgan fingerprint density at radius 3 is 1.88 bits per heavy atom. The van der Waals surface area contributed by atoms with Crippen molar-refractivity contribution in [3.8, 4) is 5.75 Å². The lowest BCUT2D eigenvalue weighted by Crippen LogP contribution is -2.26. The molecule has 1 rings (SSSR count). The Kier molecular flexibility index (Phi) is 3.64. The van der Waals surface area contributed by atoms with E-state index < -0.39 is 0 Å².